The summed E-state index contributed by atoms with van der Waals surface area (Å²) in [5.41, 5.74) is 1.06. The zero-order valence-corrected chi connectivity index (χ0v) is 17.2. The standard InChI is InChI=1S/C21H22FN3O3S/c1-3-24(4-2)8-9-25(20(26)14-6-5-7-15(22)10-14)21-23-16-11-17-18(28-13-27-17)12-19(16)29-21/h5-7,10-12H,3-4,8-9,13H2,1-2H3/p+1. The van der Waals surface area contributed by atoms with Gasteiger partial charge in [0.05, 0.1) is 36.4 Å². The van der Waals surface area contributed by atoms with Crippen LogP contribution in [0.5, 0.6) is 11.5 Å². The van der Waals surface area contributed by atoms with Crippen LogP contribution in [-0.2, 0) is 0 Å². The second kappa shape index (κ2) is 8.34. The Morgan fingerprint density at radius 3 is 2.69 bits per heavy atom. The van der Waals surface area contributed by atoms with Crippen molar-refractivity contribution in [1.29, 1.82) is 0 Å². The Labute approximate surface area is 172 Å². The number of aromatic nitrogens is 1. The Morgan fingerprint density at radius 1 is 1.21 bits per heavy atom. The second-order valence-corrected chi connectivity index (χ2v) is 7.85. The van der Waals surface area contributed by atoms with Gasteiger partial charge in [0.15, 0.2) is 16.6 Å². The number of fused-ring (bicyclic) bond motifs is 2. The van der Waals surface area contributed by atoms with Crippen molar-refractivity contribution < 1.29 is 23.6 Å². The molecule has 3 aromatic rings. The number of hydrogen-bond acceptors (Lipinski definition) is 5. The van der Waals surface area contributed by atoms with Crippen molar-refractivity contribution in [2.75, 3.05) is 37.9 Å². The fourth-order valence-corrected chi connectivity index (χ4v) is 4.36. The van der Waals surface area contributed by atoms with Gasteiger partial charge in [0.1, 0.15) is 5.82 Å². The summed E-state index contributed by atoms with van der Waals surface area (Å²) in [4.78, 5) is 20.9. The number of amides is 1. The summed E-state index contributed by atoms with van der Waals surface area (Å²) in [7, 11) is 0. The van der Waals surface area contributed by atoms with Gasteiger partial charge in [-0.05, 0) is 32.0 Å². The van der Waals surface area contributed by atoms with Crippen molar-refractivity contribution >= 4 is 32.6 Å². The molecule has 1 aliphatic heterocycles. The number of nitrogens with zero attached hydrogens (tertiary/aromatic N) is 2. The van der Waals surface area contributed by atoms with E-state index in [-0.39, 0.29) is 12.7 Å². The van der Waals surface area contributed by atoms with Crippen molar-refractivity contribution in [2.45, 2.75) is 13.8 Å². The van der Waals surface area contributed by atoms with Crippen molar-refractivity contribution in [1.82, 2.24) is 4.98 Å². The van der Waals surface area contributed by atoms with Crippen molar-refractivity contribution in [3.63, 3.8) is 0 Å². The zero-order chi connectivity index (χ0) is 20.4. The maximum Gasteiger partial charge on any atom is 0.260 e. The average molecular weight is 416 g/mol. The number of benzene rings is 2. The Morgan fingerprint density at radius 2 is 1.97 bits per heavy atom. The first-order valence-electron chi connectivity index (χ1n) is 9.70. The first-order chi connectivity index (χ1) is 14.1. The van der Waals surface area contributed by atoms with Gasteiger partial charge in [-0.15, -0.1) is 0 Å². The fourth-order valence-electron chi connectivity index (χ4n) is 3.36. The number of ether oxygens (including phenoxy) is 2. The highest BCUT2D eigenvalue weighted by molar-refractivity contribution is 7.22. The van der Waals surface area contributed by atoms with Gasteiger partial charge in [0.25, 0.3) is 5.91 Å². The second-order valence-electron chi connectivity index (χ2n) is 6.84. The average Bonchev–Trinajstić information content (AvgIpc) is 3.34. The molecule has 0 saturated carbocycles. The number of quaternary nitrogens is 1. The largest absolute Gasteiger partial charge is 0.454 e. The van der Waals surface area contributed by atoms with Crippen molar-refractivity contribution in [3.05, 3.63) is 47.8 Å². The minimum Gasteiger partial charge on any atom is -0.454 e. The first-order valence-corrected chi connectivity index (χ1v) is 10.5. The zero-order valence-electron chi connectivity index (χ0n) is 16.4. The van der Waals surface area contributed by atoms with Crippen molar-refractivity contribution in [3.8, 4) is 11.5 Å². The Hall–Kier alpha value is -2.71. The molecule has 8 heteroatoms. The molecule has 4 rings (SSSR count). The van der Waals surface area contributed by atoms with E-state index in [1.54, 1.807) is 17.0 Å². The number of rotatable bonds is 7. The molecule has 1 aromatic heterocycles. The number of carbonyl (C=O) groups is 1. The van der Waals surface area contributed by atoms with Crippen LogP contribution in [0, 0.1) is 5.82 Å². The molecule has 0 aliphatic carbocycles. The van der Waals surface area contributed by atoms with E-state index >= 15 is 0 Å². The van der Waals surface area contributed by atoms with E-state index in [0.717, 1.165) is 29.9 Å². The summed E-state index contributed by atoms with van der Waals surface area (Å²) in [6, 6.07) is 9.50. The van der Waals surface area contributed by atoms with Gasteiger partial charge < -0.3 is 14.4 Å². The predicted molar refractivity (Wildman–Crippen MR) is 111 cm³/mol. The van der Waals surface area contributed by atoms with Crippen LogP contribution in [0.2, 0.25) is 0 Å². The van der Waals surface area contributed by atoms with Crippen LogP contribution in [-0.4, -0.2) is 43.9 Å². The highest BCUT2D eigenvalue weighted by Gasteiger charge is 2.24. The van der Waals surface area contributed by atoms with Gasteiger partial charge >= 0.3 is 0 Å². The minimum absolute atomic E-state index is 0.205. The number of likely N-dealkylation sites (N-methyl/N-ethyl adjacent to an activating group) is 1. The number of nitrogens with one attached hydrogen (secondary N) is 1. The monoisotopic (exact) mass is 416 g/mol. The normalized spacial score (nSPS) is 12.7. The SMILES string of the molecule is CC[NH+](CC)CCN(C(=O)c1cccc(F)c1)c1nc2cc3c(cc2s1)OCO3. The van der Waals surface area contributed by atoms with Crippen LogP contribution >= 0.6 is 11.3 Å². The van der Waals surface area contributed by atoms with Gasteiger partial charge in [-0.1, -0.05) is 17.4 Å². The molecule has 2 heterocycles. The number of anilines is 1. The van der Waals surface area contributed by atoms with Gasteiger partial charge in [0, 0.05) is 17.7 Å². The molecule has 0 radical (unpaired) electrons. The molecular weight excluding hydrogens is 393 g/mol. The molecule has 2 aromatic carbocycles. The molecule has 1 amide bonds. The molecule has 0 saturated heterocycles. The molecule has 0 atom stereocenters. The van der Waals surface area contributed by atoms with E-state index in [1.165, 1.54) is 28.4 Å². The molecule has 0 fully saturated rings. The summed E-state index contributed by atoms with van der Waals surface area (Å²) in [6.45, 7) is 7.68. The lowest BCUT2D eigenvalue weighted by molar-refractivity contribution is -0.894. The lowest BCUT2D eigenvalue weighted by Gasteiger charge is -2.23. The molecule has 1 aliphatic rings. The van der Waals surface area contributed by atoms with E-state index in [1.807, 2.05) is 12.1 Å². The van der Waals surface area contributed by atoms with E-state index in [0.29, 0.717) is 28.7 Å². The summed E-state index contributed by atoms with van der Waals surface area (Å²) < 4.78 is 25.5. The van der Waals surface area contributed by atoms with Crippen LogP contribution in [0.15, 0.2) is 36.4 Å². The molecule has 0 unspecified atom stereocenters. The highest BCUT2D eigenvalue weighted by atomic mass is 32.1. The van der Waals surface area contributed by atoms with Gasteiger partial charge in [-0.25, -0.2) is 9.37 Å². The molecule has 29 heavy (non-hydrogen) atoms. The number of hydrogen-bond donors (Lipinski definition) is 1. The van der Waals surface area contributed by atoms with Crippen LogP contribution < -0.4 is 19.3 Å². The smallest absolute Gasteiger partial charge is 0.260 e. The molecule has 0 spiro atoms. The molecule has 0 bridgehead atoms. The van der Waals surface area contributed by atoms with Crippen LogP contribution in [0.1, 0.15) is 24.2 Å². The van der Waals surface area contributed by atoms with Gasteiger partial charge in [-0.2, -0.15) is 0 Å². The Balaban J connectivity index is 1.69. The third-order valence-electron chi connectivity index (χ3n) is 5.11. The quantitative estimate of drug-likeness (QED) is 0.644. The minimum atomic E-state index is -0.430. The summed E-state index contributed by atoms with van der Waals surface area (Å²) in [5.74, 6) is 0.656. The highest BCUT2D eigenvalue weighted by Crippen LogP contribution is 2.39. The molecule has 152 valence electrons. The lowest BCUT2D eigenvalue weighted by atomic mass is 10.2. The number of halogens is 1. The van der Waals surface area contributed by atoms with Crippen LogP contribution in [0.4, 0.5) is 9.52 Å². The van der Waals surface area contributed by atoms with E-state index in [4.69, 9.17) is 9.47 Å². The maximum absolute atomic E-state index is 13.7. The summed E-state index contributed by atoms with van der Waals surface area (Å²) in [6.07, 6.45) is 0. The fraction of sp³-hybridized carbons (Fsp3) is 0.333. The maximum atomic E-state index is 13.7. The predicted octanol–water partition coefficient (Wildman–Crippen LogP) is 2.74. The third kappa shape index (κ3) is 4.04. The van der Waals surface area contributed by atoms with Crippen molar-refractivity contribution in [2.24, 2.45) is 0 Å². The summed E-state index contributed by atoms with van der Waals surface area (Å²) >= 11 is 1.42. The van der Waals surface area contributed by atoms with E-state index < -0.39 is 5.82 Å². The number of thiazole rings is 1. The Kier molecular flexibility index (Phi) is 5.64. The Bertz CT molecular complexity index is 994. The summed E-state index contributed by atoms with van der Waals surface area (Å²) in [5, 5.41) is 0.587. The van der Waals surface area contributed by atoms with Gasteiger partial charge in [0.2, 0.25) is 6.79 Å². The van der Waals surface area contributed by atoms with Gasteiger partial charge in [-0.3, -0.25) is 9.69 Å². The lowest BCUT2D eigenvalue weighted by Crippen LogP contribution is -3.12. The molecule has 6 nitrogen and oxygen atoms in total. The van der Waals surface area contributed by atoms with E-state index in [9.17, 15) is 9.18 Å². The molecular formula is C21H23FN3O3S+. The van der Waals surface area contributed by atoms with Crippen LogP contribution in [0.3, 0.4) is 0 Å². The topological polar surface area (TPSA) is 56.1 Å². The van der Waals surface area contributed by atoms with Crippen LogP contribution in [0.25, 0.3) is 10.2 Å². The molecule has 1 N–H and O–H groups in total. The first kappa shape index (κ1) is 19.6. The van der Waals surface area contributed by atoms with E-state index in [2.05, 4.69) is 18.8 Å². The third-order valence-corrected chi connectivity index (χ3v) is 6.15. The number of carbonyl (C=O) groups excluding carboxylic acids is 1.